The van der Waals surface area contributed by atoms with Crippen LogP contribution in [-0.2, 0) is 6.42 Å². The van der Waals surface area contributed by atoms with Crippen LogP contribution in [0.1, 0.15) is 35.1 Å². The Morgan fingerprint density at radius 2 is 1.61 bits per heavy atom. The minimum atomic E-state index is -0.605. The first kappa shape index (κ1) is 11.4. The van der Waals surface area contributed by atoms with E-state index in [-0.39, 0.29) is 11.7 Å². The third-order valence-electron chi connectivity index (χ3n) is 3.78. The number of aliphatic hydroxyl groups is 1. The Balaban J connectivity index is 2.00. The normalized spacial score (nSPS) is 22.6. The Hall–Kier alpha value is -1.67. The molecule has 0 amide bonds. The smallest absolute Gasteiger partial charge is 0.126 e. The molecule has 1 nitrogen and oxygen atoms in total. The van der Waals surface area contributed by atoms with Crippen LogP contribution in [0.5, 0.6) is 0 Å². The molecule has 1 N–H and O–H groups in total. The lowest BCUT2D eigenvalue weighted by Gasteiger charge is -2.30. The fraction of sp³-hybridized carbons (Fsp3) is 0.250. The predicted molar refractivity (Wildman–Crippen MR) is 68.9 cm³/mol. The molecule has 2 atom stereocenters. The number of fused-ring (bicyclic) bond motifs is 1. The van der Waals surface area contributed by atoms with E-state index >= 15 is 0 Å². The molecule has 2 aromatic carbocycles. The summed E-state index contributed by atoms with van der Waals surface area (Å²) >= 11 is 0. The highest BCUT2D eigenvalue weighted by Gasteiger charge is 2.30. The third-order valence-corrected chi connectivity index (χ3v) is 3.78. The first-order valence-corrected chi connectivity index (χ1v) is 6.27. The van der Waals surface area contributed by atoms with Crippen molar-refractivity contribution >= 4 is 0 Å². The molecule has 0 saturated carbocycles. The van der Waals surface area contributed by atoms with Crippen LogP contribution in [0.25, 0.3) is 0 Å². The molecule has 2 heteroatoms. The maximum Gasteiger partial charge on any atom is 0.126 e. The standard InChI is InChI=1S/C16H15FO/c17-15-8-4-3-7-13(15)14-10-9-11-5-1-2-6-12(11)16(14)18/h1-8,14,16,18H,9-10H2/t14-,16-/m1/s1. The van der Waals surface area contributed by atoms with Crippen molar-refractivity contribution in [2.45, 2.75) is 24.9 Å². The monoisotopic (exact) mass is 242 g/mol. The Labute approximate surface area is 106 Å². The van der Waals surface area contributed by atoms with Crippen molar-refractivity contribution in [2.75, 3.05) is 0 Å². The van der Waals surface area contributed by atoms with E-state index in [0.29, 0.717) is 5.56 Å². The number of hydrogen-bond donors (Lipinski definition) is 1. The van der Waals surface area contributed by atoms with Gasteiger partial charge in [0, 0.05) is 5.92 Å². The van der Waals surface area contributed by atoms with E-state index < -0.39 is 6.10 Å². The summed E-state index contributed by atoms with van der Waals surface area (Å²) in [6.07, 6.45) is 1.08. The van der Waals surface area contributed by atoms with Crippen LogP contribution >= 0.6 is 0 Å². The molecule has 2 aromatic rings. The number of rotatable bonds is 1. The van der Waals surface area contributed by atoms with E-state index in [1.54, 1.807) is 12.1 Å². The average Bonchev–Trinajstić information content (AvgIpc) is 2.41. The van der Waals surface area contributed by atoms with Crippen LogP contribution in [0.4, 0.5) is 4.39 Å². The van der Waals surface area contributed by atoms with Crippen LogP contribution in [0.2, 0.25) is 0 Å². The van der Waals surface area contributed by atoms with Crippen LogP contribution < -0.4 is 0 Å². The predicted octanol–water partition coefficient (Wildman–Crippen LogP) is 3.59. The molecule has 0 saturated heterocycles. The van der Waals surface area contributed by atoms with Gasteiger partial charge >= 0.3 is 0 Å². The van der Waals surface area contributed by atoms with E-state index in [1.807, 2.05) is 30.3 Å². The molecule has 0 spiro atoms. The van der Waals surface area contributed by atoms with Gasteiger partial charge in [-0.3, -0.25) is 0 Å². The van der Waals surface area contributed by atoms with E-state index in [4.69, 9.17) is 0 Å². The van der Waals surface area contributed by atoms with Crippen molar-refractivity contribution in [3.8, 4) is 0 Å². The summed E-state index contributed by atoms with van der Waals surface area (Å²) in [5.41, 5.74) is 2.74. The lowest BCUT2D eigenvalue weighted by Crippen LogP contribution is -2.19. The average molecular weight is 242 g/mol. The molecule has 1 aliphatic rings. The van der Waals surface area contributed by atoms with Crippen LogP contribution in [-0.4, -0.2) is 5.11 Å². The minimum Gasteiger partial charge on any atom is -0.388 e. The van der Waals surface area contributed by atoms with Gasteiger partial charge in [0.1, 0.15) is 5.82 Å². The summed E-state index contributed by atoms with van der Waals surface area (Å²) in [6, 6.07) is 14.6. The van der Waals surface area contributed by atoms with Crippen molar-refractivity contribution < 1.29 is 9.50 Å². The largest absolute Gasteiger partial charge is 0.388 e. The summed E-state index contributed by atoms with van der Waals surface area (Å²) in [4.78, 5) is 0. The Kier molecular flexibility index (Phi) is 2.88. The Bertz CT molecular complexity index is 565. The van der Waals surface area contributed by atoms with Gasteiger partial charge in [-0.05, 0) is 35.6 Å². The second-order valence-electron chi connectivity index (χ2n) is 4.81. The minimum absolute atomic E-state index is 0.138. The fourth-order valence-electron chi connectivity index (χ4n) is 2.84. The van der Waals surface area contributed by atoms with Crippen molar-refractivity contribution in [3.63, 3.8) is 0 Å². The molecular weight excluding hydrogens is 227 g/mol. The van der Waals surface area contributed by atoms with Crippen LogP contribution in [0.15, 0.2) is 48.5 Å². The van der Waals surface area contributed by atoms with Gasteiger partial charge in [-0.1, -0.05) is 42.5 Å². The van der Waals surface area contributed by atoms with Crippen molar-refractivity contribution in [1.82, 2.24) is 0 Å². The highest BCUT2D eigenvalue weighted by Crippen LogP contribution is 2.41. The molecule has 0 bridgehead atoms. The van der Waals surface area contributed by atoms with Gasteiger partial charge in [-0.25, -0.2) is 4.39 Å². The molecule has 0 aromatic heterocycles. The van der Waals surface area contributed by atoms with Crippen LogP contribution in [0, 0.1) is 5.82 Å². The number of hydrogen-bond acceptors (Lipinski definition) is 1. The summed E-state index contributed by atoms with van der Waals surface area (Å²) in [7, 11) is 0. The van der Waals surface area contributed by atoms with Gasteiger partial charge in [0.2, 0.25) is 0 Å². The van der Waals surface area contributed by atoms with E-state index in [2.05, 4.69) is 0 Å². The highest BCUT2D eigenvalue weighted by atomic mass is 19.1. The second kappa shape index (κ2) is 4.54. The molecule has 3 rings (SSSR count). The zero-order valence-electron chi connectivity index (χ0n) is 10.0. The Morgan fingerprint density at radius 1 is 0.944 bits per heavy atom. The van der Waals surface area contributed by atoms with Gasteiger partial charge in [0.25, 0.3) is 0 Å². The first-order chi connectivity index (χ1) is 8.77. The summed E-state index contributed by atoms with van der Waals surface area (Å²) in [5, 5.41) is 10.4. The molecule has 18 heavy (non-hydrogen) atoms. The zero-order valence-corrected chi connectivity index (χ0v) is 10.0. The summed E-state index contributed by atoms with van der Waals surface area (Å²) in [5.74, 6) is -0.359. The third kappa shape index (κ3) is 1.83. The van der Waals surface area contributed by atoms with Gasteiger partial charge in [0.15, 0.2) is 0 Å². The van der Waals surface area contributed by atoms with Crippen molar-refractivity contribution in [3.05, 3.63) is 71.0 Å². The molecule has 0 radical (unpaired) electrons. The first-order valence-electron chi connectivity index (χ1n) is 6.27. The lowest BCUT2D eigenvalue weighted by atomic mass is 9.78. The van der Waals surface area contributed by atoms with Gasteiger partial charge < -0.3 is 5.11 Å². The molecule has 0 heterocycles. The molecule has 0 fully saturated rings. The highest BCUT2D eigenvalue weighted by molar-refractivity contribution is 5.36. The van der Waals surface area contributed by atoms with E-state index in [0.717, 1.165) is 18.4 Å². The van der Waals surface area contributed by atoms with E-state index in [9.17, 15) is 9.50 Å². The fourth-order valence-corrected chi connectivity index (χ4v) is 2.84. The van der Waals surface area contributed by atoms with Gasteiger partial charge in [0.05, 0.1) is 6.10 Å². The number of benzene rings is 2. The molecule has 0 aliphatic heterocycles. The van der Waals surface area contributed by atoms with Gasteiger partial charge in [-0.2, -0.15) is 0 Å². The van der Waals surface area contributed by atoms with E-state index in [1.165, 1.54) is 11.6 Å². The molecule has 0 unspecified atom stereocenters. The lowest BCUT2D eigenvalue weighted by molar-refractivity contribution is 0.130. The van der Waals surface area contributed by atoms with Crippen molar-refractivity contribution in [2.24, 2.45) is 0 Å². The quantitative estimate of drug-likeness (QED) is 0.810. The summed E-state index contributed by atoms with van der Waals surface area (Å²) in [6.45, 7) is 0. The second-order valence-corrected chi connectivity index (χ2v) is 4.81. The number of halogens is 1. The maximum absolute atomic E-state index is 13.8. The summed E-state index contributed by atoms with van der Waals surface area (Å²) < 4.78 is 13.8. The Morgan fingerprint density at radius 3 is 2.39 bits per heavy atom. The molecule has 1 aliphatic carbocycles. The molecule has 92 valence electrons. The maximum atomic E-state index is 13.8. The van der Waals surface area contributed by atoms with Gasteiger partial charge in [-0.15, -0.1) is 0 Å². The van der Waals surface area contributed by atoms with Crippen LogP contribution in [0.3, 0.4) is 0 Å². The molecular formula is C16H15FO. The van der Waals surface area contributed by atoms with Crippen molar-refractivity contribution in [1.29, 1.82) is 0 Å². The topological polar surface area (TPSA) is 20.2 Å². The number of aryl methyl sites for hydroxylation is 1. The zero-order chi connectivity index (χ0) is 12.5. The SMILES string of the molecule is O[C@@H]1c2ccccc2CC[C@@H]1c1ccccc1F. The number of aliphatic hydroxyl groups excluding tert-OH is 1.